The predicted octanol–water partition coefficient (Wildman–Crippen LogP) is 2.25. The summed E-state index contributed by atoms with van der Waals surface area (Å²) in [6.07, 6.45) is 9.23. The van der Waals surface area contributed by atoms with Gasteiger partial charge < -0.3 is 5.32 Å². The highest BCUT2D eigenvalue weighted by molar-refractivity contribution is 5.76. The van der Waals surface area contributed by atoms with Crippen LogP contribution in [0.1, 0.15) is 49.8 Å². The molecule has 2 saturated carbocycles. The van der Waals surface area contributed by atoms with Crippen molar-refractivity contribution in [2.75, 3.05) is 13.1 Å². The fourth-order valence-corrected chi connectivity index (χ4v) is 4.36. The van der Waals surface area contributed by atoms with Gasteiger partial charge in [0.25, 0.3) is 0 Å². The van der Waals surface area contributed by atoms with Crippen molar-refractivity contribution in [3.05, 3.63) is 17.5 Å². The van der Waals surface area contributed by atoms with Crippen LogP contribution >= 0.6 is 0 Å². The number of hydrogen-bond acceptors (Lipinski definition) is 3. The monoisotopic (exact) mass is 330 g/mol. The van der Waals surface area contributed by atoms with Crippen LogP contribution in [0.4, 0.5) is 0 Å². The third-order valence-corrected chi connectivity index (χ3v) is 6.44. The number of carbonyl (C=O) groups excluding carboxylic acids is 1. The second kappa shape index (κ2) is 6.51. The highest BCUT2D eigenvalue weighted by Crippen LogP contribution is 2.42. The summed E-state index contributed by atoms with van der Waals surface area (Å²) >= 11 is 0. The quantitative estimate of drug-likeness (QED) is 0.870. The molecule has 24 heavy (non-hydrogen) atoms. The summed E-state index contributed by atoms with van der Waals surface area (Å²) < 4.78 is 1.95. The third-order valence-electron chi connectivity index (χ3n) is 6.44. The molecular weight excluding hydrogens is 300 g/mol. The van der Waals surface area contributed by atoms with Gasteiger partial charge in [-0.2, -0.15) is 5.10 Å². The van der Waals surface area contributed by atoms with Crippen molar-refractivity contribution in [2.45, 2.75) is 58.0 Å². The average molecular weight is 330 g/mol. The van der Waals surface area contributed by atoms with Crippen LogP contribution in [0.25, 0.3) is 0 Å². The van der Waals surface area contributed by atoms with E-state index in [9.17, 15) is 4.79 Å². The molecule has 5 heteroatoms. The Hall–Kier alpha value is -1.36. The van der Waals surface area contributed by atoms with E-state index in [1.165, 1.54) is 43.4 Å². The van der Waals surface area contributed by atoms with Crippen LogP contribution < -0.4 is 5.32 Å². The van der Waals surface area contributed by atoms with Crippen molar-refractivity contribution in [3.8, 4) is 0 Å². The molecule has 1 saturated heterocycles. The summed E-state index contributed by atoms with van der Waals surface area (Å²) in [5.41, 5.74) is 2.56. The maximum atomic E-state index is 12.4. The molecule has 2 atom stereocenters. The third kappa shape index (κ3) is 3.37. The molecule has 1 N–H and O–H groups in total. The van der Waals surface area contributed by atoms with Crippen molar-refractivity contribution >= 4 is 5.91 Å². The van der Waals surface area contributed by atoms with Gasteiger partial charge in [0.1, 0.15) is 0 Å². The van der Waals surface area contributed by atoms with Gasteiger partial charge in [-0.3, -0.25) is 14.4 Å². The number of carbonyl (C=O) groups is 1. The summed E-state index contributed by atoms with van der Waals surface area (Å²) in [7, 11) is 2.00. The van der Waals surface area contributed by atoms with Gasteiger partial charge >= 0.3 is 0 Å². The molecule has 5 nitrogen and oxygen atoms in total. The molecule has 1 amide bonds. The lowest BCUT2D eigenvalue weighted by atomic mass is 9.82. The Morgan fingerprint density at radius 2 is 2.08 bits per heavy atom. The molecule has 132 valence electrons. The van der Waals surface area contributed by atoms with E-state index < -0.39 is 0 Å². The smallest absolute Gasteiger partial charge is 0.220 e. The zero-order valence-electron chi connectivity index (χ0n) is 15.0. The molecule has 4 rings (SSSR count). The summed E-state index contributed by atoms with van der Waals surface area (Å²) in [6, 6.07) is 0.349. The van der Waals surface area contributed by atoms with Crippen LogP contribution in [0.3, 0.4) is 0 Å². The molecule has 3 aliphatic rings. The van der Waals surface area contributed by atoms with Crippen molar-refractivity contribution in [3.63, 3.8) is 0 Å². The molecule has 3 fully saturated rings. The van der Waals surface area contributed by atoms with Crippen LogP contribution in [0.5, 0.6) is 0 Å². The van der Waals surface area contributed by atoms with E-state index in [0.29, 0.717) is 17.9 Å². The van der Waals surface area contributed by atoms with Crippen LogP contribution in [0.15, 0.2) is 6.20 Å². The predicted molar refractivity (Wildman–Crippen MR) is 93.3 cm³/mol. The number of likely N-dealkylation sites (tertiary alicyclic amines) is 1. The number of aromatic nitrogens is 2. The van der Waals surface area contributed by atoms with Gasteiger partial charge in [0.2, 0.25) is 5.91 Å². The molecule has 0 radical (unpaired) electrons. The van der Waals surface area contributed by atoms with Crippen molar-refractivity contribution < 1.29 is 4.79 Å². The van der Waals surface area contributed by atoms with Crippen molar-refractivity contribution in [1.82, 2.24) is 20.0 Å². The highest BCUT2D eigenvalue weighted by Gasteiger charge is 2.43. The summed E-state index contributed by atoms with van der Waals surface area (Å²) in [6.45, 7) is 5.20. The molecule has 1 aliphatic heterocycles. The Morgan fingerprint density at radius 1 is 1.29 bits per heavy atom. The van der Waals surface area contributed by atoms with Gasteiger partial charge in [-0.05, 0) is 50.4 Å². The number of nitrogens with zero attached hydrogens (tertiary/aromatic N) is 3. The van der Waals surface area contributed by atoms with Crippen LogP contribution in [0.2, 0.25) is 0 Å². The molecule has 0 bridgehead atoms. The Morgan fingerprint density at radius 3 is 2.67 bits per heavy atom. The number of rotatable bonds is 6. The van der Waals surface area contributed by atoms with Gasteiger partial charge in [0, 0.05) is 50.4 Å². The normalized spacial score (nSPS) is 28.1. The SMILES string of the molecule is Cc1c(CN2CC(NC(=O)CC3CCC3)C(C3CC3)C2)cnn1C. The Balaban J connectivity index is 1.36. The minimum atomic E-state index is 0.287. The lowest BCUT2D eigenvalue weighted by molar-refractivity contribution is -0.123. The summed E-state index contributed by atoms with van der Waals surface area (Å²) in [5.74, 6) is 2.42. The van der Waals surface area contributed by atoms with Crippen LogP contribution in [-0.2, 0) is 18.4 Å². The fraction of sp³-hybridized carbons (Fsp3) is 0.789. The summed E-state index contributed by atoms with van der Waals surface area (Å²) in [5, 5.41) is 7.74. The van der Waals surface area contributed by atoms with Crippen molar-refractivity contribution in [2.24, 2.45) is 24.8 Å². The molecule has 0 spiro atoms. The molecule has 0 aromatic carbocycles. The highest BCUT2D eigenvalue weighted by atomic mass is 16.1. The van der Waals surface area contributed by atoms with Gasteiger partial charge in [0.15, 0.2) is 0 Å². The zero-order valence-corrected chi connectivity index (χ0v) is 15.0. The first kappa shape index (κ1) is 16.1. The van der Waals surface area contributed by atoms with E-state index in [1.54, 1.807) is 0 Å². The van der Waals surface area contributed by atoms with E-state index in [4.69, 9.17) is 0 Å². The molecule has 1 aromatic rings. The average Bonchev–Trinajstić information content (AvgIpc) is 3.22. The second-order valence-electron chi connectivity index (χ2n) is 8.25. The van der Waals surface area contributed by atoms with Gasteiger partial charge in [-0.1, -0.05) is 6.42 Å². The van der Waals surface area contributed by atoms with Gasteiger partial charge in [0.05, 0.1) is 6.20 Å². The zero-order chi connectivity index (χ0) is 16.7. The van der Waals surface area contributed by atoms with E-state index in [1.807, 2.05) is 17.9 Å². The second-order valence-corrected chi connectivity index (χ2v) is 8.25. The molecule has 1 aromatic heterocycles. The maximum Gasteiger partial charge on any atom is 0.220 e. The van der Waals surface area contributed by atoms with Crippen LogP contribution in [-0.4, -0.2) is 39.7 Å². The van der Waals surface area contributed by atoms with E-state index in [-0.39, 0.29) is 5.91 Å². The minimum absolute atomic E-state index is 0.287. The minimum Gasteiger partial charge on any atom is -0.352 e. The Bertz CT molecular complexity index is 603. The first-order valence-electron chi connectivity index (χ1n) is 9.59. The fourth-order valence-electron chi connectivity index (χ4n) is 4.36. The van der Waals surface area contributed by atoms with Gasteiger partial charge in [-0.25, -0.2) is 0 Å². The lowest BCUT2D eigenvalue weighted by Gasteiger charge is -2.26. The summed E-state index contributed by atoms with van der Waals surface area (Å²) in [4.78, 5) is 14.9. The number of aryl methyl sites for hydroxylation is 1. The maximum absolute atomic E-state index is 12.4. The first-order chi connectivity index (χ1) is 11.6. The standard InChI is InChI=1S/C19H30N4O/c1-13-16(9-20-22(13)2)10-23-11-17(15-6-7-15)18(12-23)21-19(24)8-14-4-3-5-14/h9,14-15,17-18H,3-8,10-12H2,1-2H3,(H,21,24). The molecule has 2 aliphatic carbocycles. The molecule has 2 unspecified atom stereocenters. The van der Waals surface area contributed by atoms with E-state index >= 15 is 0 Å². The van der Waals surface area contributed by atoms with E-state index in [2.05, 4.69) is 22.2 Å². The number of hydrogen-bond donors (Lipinski definition) is 1. The van der Waals surface area contributed by atoms with Gasteiger partial charge in [-0.15, -0.1) is 0 Å². The van der Waals surface area contributed by atoms with E-state index in [0.717, 1.165) is 32.0 Å². The number of nitrogens with one attached hydrogen (secondary N) is 1. The largest absolute Gasteiger partial charge is 0.352 e. The van der Waals surface area contributed by atoms with Crippen molar-refractivity contribution in [1.29, 1.82) is 0 Å². The molecule has 2 heterocycles. The molecular formula is C19H30N4O. The lowest BCUT2D eigenvalue weighted by Crippen LogP contribution is -2.42. The van der Waals surface area contributed by atoms with Crippen LogP contribution in [0, 0.1) is 24.7 Å². The Kier molecular flexibility index (Phi) is 4.37. The topological polar surface area (TPSA) is 50.2 Å². The number of amides is 1. The Labute approximate surface area is 144 Å². The first-order valence-corrected chi connectivity index (χ1v) is 9.59.